The van der Waals surface area contributed by atoms with Crippen LogP contribution in [0.3, 0.4) is 0 Å². The van der Waals surface area contributed by atoms with Crippen molar-refractivity contribution in [2.24, 2.45) is 29.1 Å². The maximum absolute atomic E-state index is 13.3. The van der Waals surface area contributed by atoms with Gasteiger partial charge in [-0.15, -0.1) is 0 Å². The standard InChI is InChI=1S/C21H33N3O5/c1-11(2)16(18(26)29-12(3)17(25)24-20(28)22-4)23-19(27)21-8-13-5-14(9-21)7-15(6-13)10-21/h11-16H,5-10H2,1-4H3,(H,23,27)(H2,22,24,25,28)/t12-,13?,14?,15?,16+,21?/m1/s1. The Balaban J connectivity index is 1.62. The second kappa shape index (κ2) is 8.32. The Kier molecular flexibility index (Phi) is 6.19. The highest BCUT2D eigenvalue weighted by Crippen LogP contribution is 2.60. The number of rotatable bonds is 6. The average Bonchev–Trinajstić information content (AvgIpc) is 2.64. The van der Waals surface area contributed by atoms with E-state index in [0.29, 0.717) is 17.8 Å². The smallest absolute Gasteiger partial charge is 0.329 e. The first kappa shape index (κ1) is 21.6. The molecule has 4 fully saturated rings. The topological polar surface area (TPSA) is 114 Å². The second-order valence-electron chi connectivity index (χ2n) is 9.54. The van der Waals surface area contributed by atoms with Gasteiger partial charge in [0.1, 0.15) is 6.04 Å². The van der Waals surface area contributed by atoms with Crippen LogP contribution in [0.1, 0.15) is 59.3 Å². The van der Waals surface area contributed by atoms with Crippen molar-refractivity contribution in [2.75, 3.05) is 7.05 Å². The maximum Gasteiger partial charge on any atom is 0.329 e. The van der Waals surface area contributed by atoms with E-state index in [1.165, 1.54) is 33.2 Å². The van der Waals surface area contributed by atoms with Crippen LogP contribution in [-0.4, -0.2) is 43.0 Å². The number of hydrogen-bond acceptors (Lipinski definition) is 5. The molecule has 0 radical (unpaired) electrons. The van der Waals surface area contributed by atoms with Gasteiger partial charge in [0.2, 0.25) is 5.91 Å². The molecule has 0 aromatic carbocycles. The van der Waals surface area contributed by atoms with Crippen molar-refractivity contribution in [2.45, 2.75) is 71.4 Å². The molecular formula is C21H33N3O5. The lowest BCUT2D eigenvalue weighted by Gasteiger charge is -2.55. The molecule has 0 saturated heterocycles. The fourth-order valence-electron chi connectivity index (χ4n) is 5.76. The number of urea groups is 1. The van der Waals surface area contributed by atoms with E-state index >= 15 is 0 Å². The molecule has 0 aliphatic heterocycles. The first-order chi connectivity index (χ1) is 13.6. The number of imide groups is 1. The lowest BCUT2D eigenvalue weighted by Crippen LogP contribution is -2.57. The summed E-state index contributed by atoms with van der Waals surface area (Å²) >= 11 is 0. The summed E-state index contributed by atoms with van der Waals surface area (Å²) in [5, 5.41) is 7.29. The Hall–Kier alpha value is -2.12. The van der Waals surface area contributed by atoms with Gasteiger partial charge in [0.05, 0.1) is 0 Å². The Morgan fingerprint density at radius 1 is 0.931 bits per heavy atom. The van der Waals surface area contributed by atoms with E-state index in [4.69, 9.17) is 4.74 Å². The van der Waals surface area contributed by atoms with Crippen LogP contribution in [0.4, 0.5) is 4.79 Å². The molecule has 0 aromatic heterocycles. The van der Waals surface area contributed by atoms with Crippen molar-refractivity contribution in [3.63, 3.8) is 0 Å². The Labute approximate surface area is 171 Å². The number of nitrogens with one attached hydrogen (secondary N) is 3. The molecule has 8 nitrogen and oxygen atoms in total. The largest absolute Gasteiger partial charge is 0.451 e. The molecule has 4 amide bonds. The summed E-state index contributed by atoms with van der Waals surface area (Å²) in [6, 6.07) is -1.50. The zero-order valence-electron chi connectivity index (χ0n) is 17.7. The van der Waals surface area contributed by atoms with E-state index in [-0.39, 0.29) is 17.2 Å². The minimum atomic E-state index is -1.14. The van der Waals surface area contributed by atoms with Gasteiger partial charge >= 0.3 is 12.0 Å². The minimum absolute atomic E-state index is 0.0466. The van der Waals surface area contributed by atoms with Crippen molar-refractivity contribution in [3.05, 3.63) is 0 Å². The fraction of sp³-hybridized carbons (Fsp3) is 0.810. The van der Waals surface area contributed by atoms with E-state index in [1.54, 1.807) is 0 Å². The van der Waals surface area contributed by atoms with Gasteiger partial charge in [-0.3, -0.25) is 14.9 Å². The van der Waals surface area contributed by atoms with Crippen molar-refractivity contribution < 1.29 is 23.9 Å². The van der Waals surface area contributed by atoms with Crippen LogP contribution in [0.25, 0.3) is 0 Å². The van der Waals surface area contributed by atoms with Crippen LogP contribution < -0.4 is 16.0 Å². The summed E-state index contributed by atoms with van der Waals surface area (Å²) in [6.07, 6.45) is 5.30. The molecule has 0 spiro atoms. The zero-order chi connectivity index (χ0) is 21.3. The monoisotopic (exact) mass is 407 g/mol. The Bertz CT molecular complexity index is 655. The number of carbonyl (C=O) groups is 4. The number of carbonyl (C=O) groups excluding carboxylic acids is 4. The van der Waals surface area contributed by atoms with E-state index in [9.17, 15) is 19.2 Å². The molecule has 4 bridgehead atoms. The van der Waals surface area contributed by atoms with Gasteiger partial charge in [0, 0.05) is 12.5 Å². The highest BCUT2D eigenvalue weighted by Gasteiger charge is 2.55. The lowest BCUT2D eigenvalue weighted by atomic mass is 9.49. The summed E-state index contributed by atoms with van der Waals surface area (Å²) in [7, 11) is 1.38. The van der Waals surface area contributed by atoms with Crippen molar-refractivity contribution >= 4 is 23.8 Å². The minimum Gasteiger partial charge on any atom is -0.451 e. The van der Waals surface area contributed by atoms with Gasteiger partial charge in [0.15, 0.2) is 6.10 Å². The third kappa shape index (κ3) is 4.56. The van der Waals surface area contributed by atoms with Crippen molar-refractivity contribution in [1.82, 2.24) is 16.0 Å². The van der Waals surface area contributed by atoms with Crippen LogP contribution in [0.5, 0.6) is 0 Å². The van der Waals surface area contributed by atoms with Gasteiger partial charge in [-0.05, 0) is 69.1 Å². The van der Waals surface area contributed by atoms with E-state index in [1.807, 2.05) is 13.8 Å². The average molecular weight is 408 g/mol. The van der Waals surface area contributed by atoms with Gasteiger partial charge < -0.3 is 15.4 Å². The van der Waals surface area contributed by atoms with Gasteiger partial charge in [-0.2, -0.15) is 0 Å². The van der Waals surface area contributed by atoms with E-state index in [0.717, 1.165) is 19.3 Å². The van der Waals surface area contributed by atoms with Crippen LogP contribution >= 0.6 is 0 Å². The molecule has 0 unspecified atom stereocenters. The van der Waals surface area contributed by atoms with Crippen molar-refractivity contribution in [3.8, 4) is 0 Å². The highest BCUT2D eigenvalue weighted by atomic mass is 16.5. The summed E-state index contributed by atoms with van der Waals surface area (Å²) in [4.78, 5) is 49.2. The highest BCUT2D eigenvalue weighted by molar-refractivity contribution is 5.97. The molecule has 2 atom stereocenters. The molecule has 0 heterocycles. The fourth-order valence-corrected chi connectivity index (χ4v) is 5.76. The van der Waals surface area contributed by atoms with Crippen LogP contribution in [-0.2, 0) is 19.1 Å². The molecule has 4 aliphatic rings. The zero-order valence-corrected chi connectivity index (χ0v) is 17.7. The quantitative estimate of drug-likeness (QED) is 0.580. The van der Waals surface area contributed by atoms with Crippen LogP contribution in [0.2, 0.25) is 0 Å². The van der Waals surface area contributed by atoms with Gasteiger partial charge in [-0.25, -0.2) is 9.59 Å². The SMILES string of the molecule is CNC(=O)NC(=O)[C@@H](C)OC(=O)[C@@H](NC(=O)C12CC3CC(CC(C3)C1)C2)C(C)C. The molecule has 3 N–H and O–H groups in total. The molecule has 162 valence electrons. The molecule has 8 heteroatoms. The number of hydrogen-bond donors (Lipinski definition) is 3. The first-order valence-electron chi connectivity index (χ1n) is 10.7. The summed E-state index contributed by atoms with van der Waals surface area (Å²) < 4.78 is 5.26. The third-order valence-electron chi connectivity index (χ3n) is 6.85. The normalized spacial score (nSPS) is 31.7. The van der Waals surface area contributed by atoms with Gasteiger partial charge in [-0.1, -0.05) is 13.8 Å². The van der Waals surface area contributed by atoms with Crippen LogP contribution in [0.15, 0.2) is 0 Å². The predicted octanol–water partition coefficient (Wildman–Crippen LogP) is 1.73. The first-order valence-corrected chi connectivity index (χ1v) is 10.7. The van der Waals surface area contributed by atoms with Crippen LogP contribution in [0, 0.1) is 29.1 Å². The maximum atomic E-state index is 13.3. The second-order valence-corrected chi connectivity index (χ2v) is 9.54. The van der Waals surface area contributed by atoms with Gasteiger partial charge in [0.25, 0.3) is 5.91 Å². The summed E-state index contributed by atoms with van der Waals surface area (Å²) in [5.74, 6) is 0.286. The predicted molar refractivity (Wildman–Crippen MR) is 106 cm³/mol. The van der Waals surface area contributed by atoms with E-state index < -0.39 is 30.1 Å². The number of ether oxygens (including phenoxy) is 1. The molecular weight excluding hydrogens is 374 g/mol. The molecule has 4 saturated carbocycles. The summed E-state index contributed by atoms with van der Waals surface area (Å²) in [6.45, 7) is 5.07. The Morgan fingerprint density at radius 2 is 1.45 bits per heavy atom. The molecule has 4 rings (SSSR count). The Morgan fingerprint density at radius 3 is 1.90 bits per heavy atom. The number of amides is 4. The molecule has 29 heavy (non-hydrogen) atoms. The third-order valence-corrected chi connectivity index (χ3v) is 6.85. The lowest BCUT2D eigenvalue weighted by molar-refractivity contribution is -0.161. The molecule has 4 aliphatic carbocycles. The van der Waals surface area contributed by atoms with Crippen molar-refractivity contribution in [1.29, 1.82) is 0 Å². The summed E-state index contributed by atoms with van der Waals surface area (Å²) in [5.41, 5.74) is -0.357. The molecule has 0 aromatic rings. The van der Waals surface area contributed by atoms with E-state index in [2.05, 4.69) is 16.0 Å². The number of esters is 1.